The lowest BCUT2D eigenvalue weighted by Gasteiger charge is -2.48. The summed E-state index contributed by atoms with van der Waals surface area (Å²) < 4.78 is 69.2. The molecule has 0 heterocycles. The SMILES string of the molecule is CCC(=O)OC1[C@@H](OC(=O)CC)[C@H](OP(=O)(O)CC(=O)O)C(OP(=O)(O)CC(=O)O)[C@@H](OP(=O)(O)CC(=O)O)[C@H]1OC(=O)CC. The Hall–Kier alpha value is -2.73. The maximum atomic E-state index is 12.8. The molecule has 0 aromatic heterocycles. The summed E-state index contributed by atoms with van der Waals surface area (Å²) in [5.74, 6) is -9.36. The molecule has 0 saturated heterocycles. The Balaban J connectivity index is 4.20. The first kappa shape index (κ1) is 40.3. The van der Waals surface area contributed by atoms with Crippen molar-refractivity contribution in [2.24, 2.45) is 0 Å². The molecule has 0 bridgehead atoms. The molecule has 24 heteroatoms. The Morgan fingerprint density at radius 3 is 0.867 bits per heavy atom. The molecule has 0 spiro atoms. The molecule has 258 valence electrons. The highest BCUT2D eigenvalue weighted by atomic mass is 31.2. The Morgan fingerprint density at radius 1 is 0.467 bits per heavy atom. The predicted molar refractivity (Wildman–Crippen MR) is 142 cm³/mol. The largest absolute Gasteiger partial charge is 0.481 e. The molecule has 1 fully saturated rings. The minimum absolute atomic E-state index is 0.435. The lowest BCUT2D eigenvalue weighted by molar-refractivity contribution is -0.238. The highest BCUT2D eigenvalue weighted by Crippen LogP contribution is 2.54. The van der Waals surface area contributed by atoms with Crippen molar-refractivity contribution in [3.63, 3.8) is 0 Å². The minimum Gasteiger partial charge on any atom is -0.481 e. The van der Waals surface area contributed by atoms with E-state index in [0.717, 1.165) is 0 Å². The molecule has 5 unspecified atom stereocenters. The average Bonchev–Trinajstić information content (AvgIpc) is 2.86. The fourth-order valence-electron chi connectivity index (χ4n) is 3.78. The van der Waals surface area contributed by atoms with Crippen molar-refractivity contribution in [1.82, 2.24) is 0 Å². The van der Waals surface area contributed by atoms with Gasteiger partial charge in [-0.3, -0.25) is 56.0 Å². The molecule has 6 N–H and O–H groups in total. The molecule has 0 radical (unpaired) electrons. The zero-order valence-electron chi connectivity index (χ0n) is 23.9. The van der Waals surface area contributed by atoms with Gasteiger partial charge in [-0.05, 0) is 0 Å². The van der Waals surface area contributed by atoms with Gasteiger partial charge in [-0.2, -0.15) is 0 Å². The van der Waals surface area contributed by atoms with Crippen LogP contribution in [0.5, 0.6) is 0 Å². The van der Waals surface area contributed by atoms with E-state index in [1.54, 1.807) is 0 Å². The van der Waals surface area contributed by atoms with Gasteiger partial charge in [-0.15, -0.1) is 0 Å². The molecule has 1 aliphatic carbocycles. The van der Waals surface area contributed by atoms with Crippen molar-refractivity contribution in [2.75, 3.05) is 18.5 Å². The third-order valence-electron chi connectivity index (χ3n) is 5.48. The normalized spacial score (nSPS) is 27.1. The lowest BCUT2D eigenvalue weighted by Crippen LogP contribution is -2.68. The molecule has 0 aromatic carbocycles. The average molecular weight is 714 g/mol. The van der Waals surface area contributed by atoms with Gasteiger partial charge in [-0.1, -0.05) is 20.8 Å². The number of carbonyl (C=O) groups excluding carboxylic acids is 3. The highest BCUT2D eigenvalue weighted by Gasteiger charge is 2.62. The van der Waals surface area contributed by atoms with Gasteiger partial charge in [0, 0.05) is 19.3 Å². The van der Waals surface area contributed by atoms with E-state index in [-0.39, 0.29) is 0 Å². The van der Waals surface area contributed by atoms with Crippen LogP contribution in [0.15, 0.2) is 0 Å². The van der Waals surface area contributed by atoms with Crippen molar-refractivity contribution < 1.29 is 100 Å². The van der Waals surface area contributed by atoms with Gasteiger partial charge in [0.25, 0.3) is 0 Å². The molecular formula is C21H33O21P3. The first-order chi connectivity index (χ1) is 20.6. The smallest absolute Gasteiger partial charge is 0.339 e. The Morgan fingerprint density at radius 2 is 0.667 bits per heavy atom. The number of hydrogen-bond acceptors (Lipinski definition) is 15. The van der Waals surface area contributed by atoms with E-state index in [4.69, 9.17) is 43.1 Å². The van der Waals surface area contributed by atoms with Crippen LogP contribution >= 0.6 is 22.8 Å². The molecule has 0 aromatic rings. The summed E-state index contributed by atoms with van der Waals surface area (Å²) in [4.78, 5) is 102. The van der Waals surface area contributed by atoms with E-state index < -0.39 is 133 Å². The maximum Gasteiger partial charge on any atom is 0.339 e. The summed E-state index contributed by atoms with van der Waals surface area (Å²) in [6.07, 6.45) is -21.1. The van der Waals surface area contributed by atoms with Crippen LogP contribution in [0.3, 0.4) is 0 Å². The van der Waals surface area contributed by atoms with E-state index in [0.29, 0.717) is 0 Å². The first-order valence-corrected chi connectivity index (χ1v) is 18.1. The van der Waals surface area contributed by atoms with Crippen molar-refractivity contribution in [1.29, 1.82) is 0 Å². The van der Waals surface area contributed by atoms with Gasteiger partial charge >= 0.3 is 58.6 Å². The summed E-state index contributed by atoms with van der Waals surface area (Å²) >= 11 is 0. The molecule has 45 heavy (non-hydrogen) atoms. The number of hydrogen-bond donors (Lipinski definition) is 6. The summed E-state index contributed by atoms with van der Waals surface area (Å²) in [7, 11) is -16.4. The summed E-state index contributed by atoms with van der Waals surface area (Å²) in [6, 6.07) is 0. The number of carboxylic acids is 3. The molecule has 1 rings (SSSR count). The van der Waals surface area contributed by atoms with Gasteiger partial charge in [0.05, 0.1) is 0 Å². The molecule has 1 aliphatic rings. The van der Waals surface area contributed by atoms with Crippen LogP contribution < -0.4 is 0 Å². The maximum absolute atomic E-state index is 12.8. The Labute approximate surface area is 254 Å². The van der Waals surface area contributed by atoms with Crippen LogP contribution in [0.25, 0.3) is 0 Å². The third kappa shape index (κ3) is 13.3. The topological polar surface area (TPSA) is 330 Å². The van der Waals surface area contributed by atoms with E-state index in [1.807, 2.05) is 0 Å². The monoisotopic (exact) mass is 714 g/mol. The van der Waals surface area contributed by atoms with Crippen LogP contribution in [-0.2, 0) is 70.2 Å². The molecule has 21 nitrogen and oxygen atoms in total. The quantitative estimate of drug-likeness (QED) is 0.0614. The summed E-state index contributed by atoms with van der Waals surface area (Å²) in [6.45, 7) is 3.75. The zero-order chi connectivity index (χ0) is 34.9. The number of ether oxygens (including phenoxy) is 3. The second-order valence-electron chi connectivity index (χ2n) is 9.20. The van der Waals surface area contributed by atoms with Gasteiger partial charge in [0.2, 0.25) is 0 Å². The number of carbonyl (C=O) groups is 6. The van der Waals surface area contributed by atoms with Crippen LogP contribution in [0.4, 0.5) is 0 Å². The van der Waals surface area contributed by atoms with E-state index >= 15 is 0 Å². The predicted octanol–water partition coefficient (Wildman–Crippen LogP) is -0.0690. The lowest BCUT2D eigenvalue weighted by atomic mass is 9.84. The molecule has 1 saturated carbocycles. The number of rotatable bonds is 18. The van der Waals surface area contributed by atoms with Gasteiger partial charge < -0.3 is 44.2 Å². The van der Waals surface area contributed by atoms with Crippen molar-refractivity contribution in [3.05, 3.63) is 0 Å². The Kier molecular flexibility index (Phi) is 15.0. The van der Waals surface area contributed by atoms with Crippen molar-refractivity contribution in [2.45, 2.75) is 76.7 Å². The third-order valence-corrected chi connectivity index (χ3v) is 9.20. The fraction of sp³-hybridized carbons (Fsp3) is 0.714. The molecule has 0 aliphatic heterocycles. The highest BCUT2D eigenvalue weighted by molar-refractivity contribution is 7.54. The zero-order valence-corrected chi connectivity index (χ0v) is 26.5. The van der Waals surface area contributed by atoms with Crippen LogP contribution in [0, 0.1) is 0 Å². The second kappa shape index (κ2) is 16.7. The number of carboxylic acid groups (broad SMARTS) is 3. The fourth-order valence-corrected chi connectivity index (χ4v) is 6.89. The molecular weight excluding hydrogens is 681 g/mol. The number of esters is 3. The summed E-state index contributed by atoms with van der Waals surface area (Å²) in [5.41, 5.74) is 0. The van der Waals surface area contributed by atoms with Gasteiger partial charge in [0.1, 0.15) is 36.8 Å². The van der Waals surface area contributed by atoms with Gasteiger partial charge in [-0.25, -0.2) is 0 Å². The van der Waals surface area contributed by atoms with E-state index in [1.165, 1.54) is 20.8 Å². The van der Waals surface area contributed by atoms with E-state index in [2.05, 4.69) is 0 Å². The van der Waals surface area contributed by atoms with Crippen LogP contribution in [-0.4, -0.2) is 121 Å². The minimum atomic E-state index is -5.49. The summed E-state index contributed by atoms with van der Waals surface area (Å²) in [5, 5.41) is 27.3. The van der Waals surface area contributed by atoms with Crippen LogP contribution in [0.1, 0.15) is 40.0 Å². The van der Waals surface area contributed by atoms with Crippen molar-refractivity contribution >= 4 is 58.6 Å². The second-order valence-corrected chi connectivity index (χ2v) is 14.6. The first-order valence-electron chi connectivity index (χ1n) is 12.8. The molecule has 9 atom stereocenters. The van der Waals surface area contributed by atoms with E-state index in [9.17, 15) is 57.1 Å². The Bertz CT molecular complexity index is 1210. The van der Waals surface area contributed by atoms with Crippen molar-refractivity contribution in [3.8, 4) is 0 Å². The van der Waals surface area contributed by atoms with Crippen LogP contribution in [0.2, 0.25) is 0 Å². The van der Waals surface area contributed by atoms with Gasteiger partial charge in [0.15, 0.2) is 18.3 Å². The standard InChI is InChI=1S/C21H33O21P3/c1-4-13(28)37-16-17(38-14(29)5-2)19(40-43(31,32)7-10(22)23)21(42-45(35,36)9-12(26)27)20(18(16)39-15(30)6-3)41-44(33,34)8-11(24)25/h16-21H,4-9H2,1-3H3,(H,22,23)(H,24,25)(H,26,27)(H,31,32)(H,33,34)(H,35,36)/t16?,17-,18+,19-,20-,21?/m0/s1. The molecule has 0 amide bonds. The number of aliphatic carboxylic acids is 3.